The Morgan fingerprint density at radius 3 is 2.26 bits per heavy atom. The zero-order chi connectivity index (χ0) is 27.0. The Hall–Kier alpha value is -3.52. The first kappa shape index (κ1) is 26.1. The van der Waals surface area contributed by atoms with E-state index in [0.29, 0.717) is 6.04 Å². The van der Waals surface area contributed by atoms with Gasteiger partial charge >= 0.3 is 0 Å². The van der Waals surface area contributed by atoms with Gasteiger partial charge in [0.1, 0.15) is 5.82 Å². The van der Waals surface area contributed by atoms with E-state index in [-0.39, 0.29) is 6.04 Å². The highest BCUT2D eigenvalue weighted by atomic mass is 15.4. The Kier molecular flexibility index (Phi) is 7.34. The summed E-state index contributed by atoms with van der Waals surface area (Å²) >= 11 is 0. The van der Waals surface area contributed by atoms with Crippen molar-refractivity contribution in [1.82, 2.24) is 24.6 Å². The molecule has 1 aromatic carbocycles. The van der Waals surface area contributed by atoms with Crippen molar-refractivity contribution in [1.29, 1.82) is 0 Å². The van der Waals surface area contributed by atoms with Crippen LogP contribution >= 0.6 is 0 Å². The highest BCUT2D eigenvalue weighted by molar-refractivity contribution is 5.85. The van der Waals surface area contributed by atoms with Gasteiger partial charge in [0.05, 0.1) is 11.3 Å². The molecule has 1 atom stereocenters. The lowest BCUT2D eigenvalue weighted by atomic mass is 9.94. The minimum atomic E-state index is 0.0245. The van der Waals surface area contributed by atoms with E-state index in [1.807, 2.05) is 18.5 Å². The van der Waals surface area contributed by atoms with Crippen LogP contribution in [0.25, 0.3) is 16.8 Å². The summed E-state index contributed by atoms with van der Waals surface area (Å²) in [6, 6.07) is 8.95. The van der Waals surface area contributed by atoms with Gasteiger partial charge in [-0.25, -0.2) is 15.0 Å². The van der Waals surface area contributed by atoms with Gasteiger partial charge in [0.2, 0.25) is 5.95 Å². The Morgan fingerprint density at radius 1 is 1.00 bits per heavy atom. The van der Waals surface area contributed by atoms with Crippen LogP contribution in [0, 0.1) is 27.7 Å². The molecule has 5 rings (SSSR count). The lowest BCUT2D eigenvalue weighted by Gasteiger charge is -2.40. The van der Waals surface area contributed by atoms with Gasteiger partial charge in [-0.15, -0.1) is 0 Å². The summed E-state index contributed by atoms with van der Waals surface area (Å²) in [5.74, 6) is 1.88. The van der Waals surface area contributed by atoms with Crippen molar-refractivity contribution in [3.63, 3.8) is 0 Å². The molecule has 2 N–H and O–H groups in total. The molecule has 8 nitrogen and oxygen atoms in total. The average molecular weight is 513 g/mol. The van der Waals surface area contributed by atoms with Crippen LogP contribution in [0.1, 0.15) is 54.8 Å². The van der Waals surface area contributed by atoms with E-state index in [1.54, 1.807) is 0 Å². The van der Waals surface area contributed by atoms with E-state index in [4.69, 9.17) is 15.8 Å². The molecule has 1 fully saturated rings. The van der Waals surface area contributed by atoms with E-state index in [9.17, 15) is 0 Å². The van der Waals surface area contributed by atoms with Crippen LogP contribution in [0.15, 0.2) is 36.7 Å². The van der Waals surface area contributed by atoms with Crippen LogP contribution in [0.2, 0.25) is 0 Å². The summed E-state index contributed by atoms with van der Waals surface area (Å²) in [7, 11) is 0. The molecule has 200 valence electrons. The van der Waals surface area contributed by atoms with Gasteiger partial charge in [-0.3, -0.25) is 0 Å². The summed E-state index contributed by atoms with van der Waals surface area (Å²) in [6.45, 7) is 15.5. The topological polar surface area (TPSA) is 88.5 Å². The molecule has 1 aliphatic heterocycles. The van der Waals surface area contributed by atoms with E-state index >= 15 is 0 Å². The fourth-order valence-corrected chi connectivity index (χ4v) is 5.98. The molecule has 0 spiro atoms. The number of nitrogens with two attached hydrogens (primary N) is 1. The first-order valence-electron chi connectivity index (χ1n) is 13.8. The van der Waals surface area contributed by atoms with Crippen LogP contribution in [0.3, 0.4) is 0 Å². The zero-order valence-electron chi connectivity index (χ0n) is 23.6. The van der Waals surface area contributed by atoms with Gasteiger partial charge in [0, 0.05) is 55.9 Å². The molecule has 0 aliphatic carbocycles. The fraction of sp³-hybridized carbons (Fsp3) is 0.467. The number of fused-ring (bicyclic) bond motifs is 1. The van der Waals surface area contributed by atoms with Crippen LogP contribution in [-0.4, -0.2) is 56.3 Å². The van der Waals surface area contributed by atoms with Crippen LogP contribution in [0.4, 0.5) is 11.8 Å². The smallest absolute Gasteiger partial charge is 0.225 e. The summed E-state index contributed by atoms with van der Waals surface area (Å²) in [5.41, 5.74) is 15.6. The number of aromatic nitrogens is 5. The van der Waals surface area contributed by atoms with Gasteiger partial charge in [0.25, 0.3) is 0 Å². The Morgan fingerprint density at radius 2 is 1.66 bits per heavy atom. The number of piperidine rings is 1. The highest BCUT2D eigenvalue weighted by Crippen LogP contribution is 2.36. The number of hydrogen-bond acceptors (Lipinski definition) is 7. The number of nitrogens with zero attached hydrogens (tertiary/aromatic N) is 7. The van der Waals surface area contributed by atoms with E-state index in [1.165, 1.54) is 22.3 Å². The molecule has 1 saturated heterocycles. The molecule has 1 aliphatic rings. The molecule has 4 aromatic rings. The maximum atomic E-state index is 6.43. The standard InChI is InChI=1S/C30H40N8/c1-7-24-17-26(37(18-22(5)31)25-9-13-36(14-10-25)30-32-11-8-12-33-30)38-29(34-24)28(23(6)35-38)27-20(3)15-19(2)16-21(27)4/h8,11-12,15-17,22,25H,7,9-10,13-14,18,31H2,1-6H3. The Bertz CT molecular complexity index is 1390. The molecule has 4 heterocycles. The molecule has 0 amide bonds. The molecule has 0 bridgehead atoms. The maximum absolute atomic E-state index is 6.43. The zero-order valence-corrected chi connectivity index (χ0v) is 23.6. The maximum Gasteiger partial charge on any atom is 0.225 e. The molecule has 0 radical (unpaired) electrons. The van der Waals surface area contributed by atoms with Crippen molar-refractivity contribution < 1.29 is 0 Å². The van der Waals surface area contributed by atoms with Gasteiger partial charge in [-0.05, 0) is 76.6 Å². The number of hydrogen-bond donors (Lipinski definition) is 1. The predicted molar refractivity (Wildman–Crippen MR) is 155 cm³/mol. The van der Waals surface area contributed by atoms with E-state index < -0.39 is 0 Å². The molecule has 1 unspecified atom stereocenters. The second-order valence-electron chi connectivity index (χ2n) is 10.8. The van der Waals surface area contributed by atoms with Crippen molar-refractivity contribution >= 4 is 17.4 Å². The Balaban J connectivity index is 1.59. The molecule has 8 heteroatoms. The minimum absolute atomic E-state index is 0.0245. The first-order valence-corrected chi connectivity index (χ1v) is 13.8. The third-order valence-electron chi connectivity index (χ3n) is 7.61. The SMILES string of the molecule is CCc1cc(N(CC(C)N)C2CCN(c3ncccn3)CC2)n2nc(C)c(-c3c(C)cc(C)cc3C)c2n1. The van der Waals surface area contributed by atoms with Crippen molar-refractivity contribution in [3.05, 3.63) is 64.7 Å². The summed E-state index contributed by atoms with van der Waals surface area (Å²) in [5, 5.41) is 5.10. The van der Waals surface area contributed by atoms with Crippen molar-refractivity contribution in [2.45, 2.75) is 72.9 Å². The second-order valence-corrected chi connectivity index (χ2v) is 10.8. The first-order chi connectivity index (χ1) is 18.3. The van der Waals surface area contributed by atoms with Gasteiger partial charge in [-0.1, -0.05) is 24.6 Å². The number of benzene rings is 1. The van der Waals surface area contributed by atoms with Gasteiger partial charge < -0.3 is 15.5 Å². The van der Waals surface area contributed by atoms with Gasteiger partial charge in [-0.2, -0.15) is 9.61 Å². The number of rotatable bonds is 7. The van der Waals surface area contributed by atoms with Crippen LogP contribution in [0.5, 0.6) is 0 Å². The normalized spacial score (nSPS) is 15.3. The summed E-state index contributed by atoms with van der Waals surface area (Å²) in [4.78, 5) is 18.8. The highest BCUT2D eigenvalue weighted by Gasteiger charge is 2.29. The van der Waals surface area contributed by atoms with E-state index in [0.717, 1.165) is 73.3 Å². The quantitative estimate of drug-likeness (QED) is 0.380. The fourth-order valence-electron chi connectivity index (χ4n) is 5.98. The van der Waals surface area contributed by atoms with Crippen LogP contribution < -0.4 is 15.5 Å². The average Bonchev–Trinajstić information content (AvgIpc) is 3.22. The lowest BCUT2D eigenvalue weighted by Crippen LogP contribution is -2.49. The largest absolute Gasteiger partial charge is 0.352 e. The summed E-state index contributed by atoms with van der Waals surface area (Å²) < 4.78 is 2.07. The lowest BCUT2D eigenvalue weighted by molar-refractivity contribution is 0.446. The number of aryl methyl sites for hydroxylation is 5. The summed E-state index contributed by atoms with van der Waals surface area (Å²) in [6.07, 6.45) is 6.48. The molecular formula is C30H40N8. The van der Waals surface area contributed by atoms with Gasteiger partial charge in [0.15, 0.2) is 5.65 Å². The number of anilines is 2. The van der Waals surface area contributed by atoms with Crippen molar-refractivity contribution in [3.8, 4) is 11.1 Å². The molecule has 0 saturated carbocycles. The third kappa shape index (κ3) is 4.97. The van der Waals surface area contributed by atoms with Crippen molar-refractivity contribution in [2.75, 3.05) is 29.4 Å². The Labute approximate surface area is 225 Å². The van der Waals surface area contributed by atoms with Crippen LogP contribution in [-0.2, 0) is 6.42 Å². The second kappa shape index (κ2) is 10.7. The van der Waals surface area contributed by atoms with E-state index in [2.05, 4.69) is 84.0 Å². The predicted octanol–water partition coefficient (Wildman–Crippen LogP) is 4.80. The third-order valence-corrected chi connectivity index (χ3v) is 7.61. The molecular weight excluding hydrogens is 472 g/mol. The van der Waals surface area contributed by atoms with Crippen molar-refractivity contribution in [2.24, 2.45) is 5.73 Å². The monoisotopic (exact) mass is 512 g/mol. The minimum Gasteiger partial charge on any atom is -0.352 e. The molecule has 3 aromatic heterocycles. The molecule has 38 heavy (non-hydrogen) atoms.